The number of amides is 3. The van der Waals surface area contributed by atoms with Gasteiger partial charge in [0.2, 0.25) is 5.89 Å². The molecular formula is C17H19FN4O3. The van der Waals surface area contributed by atoms with Crippen molar-refractivity contribution in [3.05, 3.63) is 47.4 Å². The van der Waals surface area contributed by atoms with Crippen LogP contribution in [0.2, 0.25) is 0 Å². The van der Waals surface area contributed by atoms with Crippen molar-refractivity contribution in [3.8, 4) is 0 Å². The summed E-state index contributed by atoms with van der Waals surface area (Å²) in [4.78, 5) is 30.2. The summed E-state index contributed by atoms with van der Waals surface area (Å²) >= 11 is 0. The van der Waals surface area contributed by atoms with Crippen LogP contribution in [0.15, 0.2) is 28.8 Å². The first-order chi connectivity index (χ1) is 11.8. The van der Waals surface area contributed by atoms with E-state index in [-0.39, 0.29) is 18.0 Å². The quantitative estimate of drug-likeness (QED) is 0.840. The standard InChI is InChI=1S/C17H19FN4O3/c1-10(2)8-13-19-14(25-21-13)9-22-15(23)17(3,20-16(22)24)11-6-4-5-7-12(11)18/h4-7,10H,8-9H2,1-3H3,(H,20,24)/t17-/m0/s1. The molecule has 1 aliphatic rings. The van der Waals surface area contributed by atoms with Crippen molar-refractivity contribution in [2.24, 2.45) is 5.92 Å². The van der Waals surface area contributed by atoms with E-state index >= 15 is 0 Å². The summed E-state index contributed by atoms with van der Waals surface area (Å²) in [5, 5.41) is 6.40. The SMILES string of the molecule is CC(C)Cc1noc(CN2C(=O)N[C@@](C)(c3ccccc3F)C2=O)n1. The van der Waals surface area contributed by atoms with Crippen LogP contribution in [0.4, 0.5) is 9.18 Å². The van der Waals surface area contributed by atoms with E-state index in [2.05, 4.69) is 15.5 Å². The van der Waals surface area contributed by atoms with Gasteiger partial charge in [0.1, 0.15) is 17.9 Å². The fraction of sp³-hybridized carbons (Fsp3) is 0.412. The van der Waals surface area contributed by atoms with Crippen molar-refractivity contribution >= 4 is 11.9 Å². The summed E-state index contributed by atoms with van der Waals surface area (Å²) in [7, 11) is 0. The van der Waals surface area contributed by atoms with Gasteiger partial charge >= 0.3 is 6.03 Å². The number of hydrogen-bond donors (Lipinski definition) is 1. The molecule has 1 aromatic heterocycles. The van der Waals surface area contributed by atoms with Crippen molar-refractivity contribution in [1.82, 2.24) is 20.4 Å². The van der Waals surface area contributed by atoms with Crippen molar-refractivity contribution in [3.63, 3.8) is 0 Å². The van der Waals surface area contributed by atoms with Crippen LogP contribution < -0.4 is 5.32 Å². The van der Waals surface area contributed by atoms with E-state index in [9.17, 15) is 14.0 Å². The molecular weight excluding hydrogens is 327 g/mol. The van der Waals surface area contributed by atoms with Crippen LogP contribution in [0, 0.1) is 11.7 Å². The van der Waals surface area contributed by atoms with Crippen molar-refractivity contribution in [2.75, 3.05) is 0 Å². The van der Waals surface area contributed by atoms with Crippen LogP contribution in [0.1, 0.15) is 38.0 Å². The summed E-state index contributed by atoms with van der Waals surface area (Å²) < 4.78 is 19.2. The van der Waals surface area contributed by atoms with Gasteiger partial charge < -0.3 is 9.84 Å². The number of rotatable bonds is 5. The van der Waals surface area contributed by atoms with Gasteiger partial charge in [-0.3, -0.25) is 9.69 Å². The largest absolute Gasteiger partial charge is 0.337 e. The number of nitrogens with zero attached hydrogens (tertiary/aromatic N) is 3. The molecule has 1 fully saturated rings. The monoisotopic (exact) mass is 346 g/mol. The number of hydrogen-bond acceptors (Lipinski definition) is 5. The van der Waals surface area contributed by atoms with Crippen LogP contribution >= 0.6 is 0 Å². The summed E-state index contributed by atoms with van der Waals surface area (Å²) in [5.41, 5.74) is -1.36. The van der Waals surface area contributed by atoms with Gasteiger partial charge in [0.15, 0.2) is 5.82 Å². The highest BCUT2D eigenvalue weighted by atomic mass is 19.1. The van der Waals surface area contributed by atoms with Crippen molar-refractivity contribution < 1.29 is 18.5 Å². The molecule has 3 amide bonds. The molecule has 132 valence electrons. The Bertz CT molecular complexity index is 820. The molecule has 0 bridgehead atoms. The Balaban J connectivity index is 1.82. The van der Waals surface area contributed by atoms with Gasteiger partial charge in [-0.25, -0.2) is 9.18 Å². The number of aromatic nitrogens is 2. The molecule has 8 heteroatoms. The third-order valence-corrected chi connectivity index (χ3v) is 4.08. The lowest BCUT2D eigenvalue weighted by Crippen LogP contribution is -2.41. The summed E-state index contributed by atoms with van der Waals surface area (Å²) in [6.07, 6.45) is 0.636. The number of imide groups is 1. The fourth-order valence-corrected chi connectivity index (χ4v) is 2.83. The second-order valence-electron chi connectivity index (χ2n) is 6.63. The summed E-state index contributed by atoms with van der Waals surface area (Å²) in [5.74, 6) is -0.0823. The van der Waals surface area contributed by atoms with E-state index < -0.39 is 23.3 Å². The molecule has 1 aromatic carbocycles. The first-order valence-corrected chi connectivity index (χ1v) is 8.02. The maximum Gasteiger partial charge on any atom is 0.325 e. The van der Waals surface area contributed by atoms with Crippen LogP contribution in [-0.2, 0) is 23.3 Å². The van der Waals surface area contributed by atoms with Gasteiger partial charge in [-0.2, -0.15) is 4.98 Å². The zero-order valence-corrected chi connectivity index (χ0v) is 14.2. The average Bonchev–Trinajstić information content (AvgIpc) is 3.06. The molecule has 7 nitrogen and oxygen atoms in total. The van der Waals surface area contributed by atoms with Gasteiger partial charge in [0.05, 0.1) is 0 Å². The Morgan fingerprint density at radius 1 is 1.32 bits per heavy atom. The molecule has 3 rings (SSSR count). The maximum absolute atomic E-state index is 14.1. The van der Waals surface area contributed by atoms with Crippen LogP contribution in [0.25, 0.3) is 0 Å². The minimum absolute atomic E-state index is 0.113. The highest BCUT2D eigenvalue weighted by molar-refractivity contribution is 6.07. The number of carbonyl (C=O) groups is 2. The highest BCUT2D eigenvalue weighted by Gasteiger charge is 2.50. The molecule has 25 heavy (non-hydrogen) atoms. The van der Waals surface area contributed by atoms with E-state index in [1.165, 1.54) is 25.1 Å². The Labute approximate surface area is 144 Å². The number of halogens is 1. The van der Waals surface area contributed by atoms with Crippen molar-refractivity contribution in [1.29, 1.82) is 0 Å². The van der Waals surface area contributed by atoms with Gasteiger partial charge in [0, 0.05) is 12.0 Å². The summed E-state index contributed by atoms with van der Waals surface area (Å²) in [6, 6.07) is 5.24. The normalized spacial score (nSPS) is 20.4. The molecule has 2 aromatic rings. The second kappa shape index (κ2) is 6.27. The minimum atomic E-state index is -1.47. The molecule has 0 radical (unpaired) electrons. The van der Waals surface area contributed by atoms with Crippen molar-refractivity contribution in [2.45, 2.75) is 39.3 Å². The molecule has 1 atom stereocenters. The van der Waals surface area contributed by atoms with Gasteiger partial charge in [-0.05, 0) is 18.9 Å². The first-order valence-electron chi connectivity index (χ1n) is 8.02. The lowest BCUT2D eigenvalue weighted by molar-refractivity contribution is -0.131. The molecule has 0 spiro atoms. The third kappa shape index (κ3) is 3.11. The van der Waals surface area contributed by atoms with Crippen LogP contribution in [0.3, 0.4) is 0 Å². The second-order valence-corrected chi connectivity index (χ2v) is 6.63. The molecule has 0 saturated carbocycles. The predicted octanol–water partition coefficient (Wildman–Crippen LogP) is 2.37. The van der Waals surface area contributed by atoms with Gasteiger partial charge in [-0.15, -0.1) is 0 Å². The van der Waals surface area contributed by atoms with E-state index in [0.717, 1.165) is 4.90 Å². The Kier molecular flexibility index (Phi) is 4.28. The van der Waals surface area contributed by atoms with E-state index in [4.69, 9.17) is 4.52 Å². The van der Waals surface area contributed by atoms with Crippen LogP contribution in [0.5, 0.6) is 0 Å². The Morgan fingerprint density at radius 3 is 2.72 bits per heavy atom. The van der Waals surface area contributed by atoms with E-state index in [1.807, 2.05) is 13.8 Å². The Morgan fingerprint density at radius 2 is 2.04 bits per heavy atom. The van der Waals surface area contributed by atoms with Gasteiger partial charge in [-0.1, -0.05) is 37.2 Å². The zero-order valence-electron chi connectivity index (χ0n) is 14.2. The minimum Gasteiger partial charge on any atom is -0.337 e. The zero-order chi connectivity index (χ0) is 18.2. The molecule has 1 aliphatic heterocycles. The lowest BCUT2D eigenvalue weighted by atomic mass is 9.91. The molecule has 1 saturated heterocycles. The maximum atomic E-state index is 14.1. The smallest absolute Gasteiger partial charge is 0.325 e. The highest BCUT2D eigenvalue weighted by Crippen LogP contribution is 2.31. The van der Waals surface area contributed by atoms with Crippen LogP contribution in [-0.4, -0.2) is 27.0 Å². The summed E-state index contributed by atoms with van der Waals surface area (Å²) in [6.45, 7) is 5.37. The predicted molar refractivity (Wildman–Crippen MR) is 85.7 cm³/mol. The Hall–Kier alpha value is -2.77. The number of benzene rings is 1. The molecule has 0 aliphatic carbocycles. The number of nitrogens with one attached hydrogen (secondary N) is 1. The van der Waals surface area contributed by atoms with E-state index in [0.29, 0.717) is 18.2 Å². The molecule has 0 unspecified atom stereocenters. The fourth-order valence-electron chi connectivity index (χ4n) is 2.83. The third-order valence-electron chi connectivity index (χ3n) is 4.08. The molecule has 1 N–H and O–H groups in total. The average molecular weight is 346 g/mol. The topological polar surface area (TPSA) is 88.3 Å². The number of urea groups is 1. The van der Waals surface area contributed by atoms with E-state index in [1.54, 1.807) is 6.07 Å². The molecule has 2 heterocycles. The first kappa shape index (κ1) is 17.1. The van der Waals surface area contributed by atoms with Gasteiger partial charge in [0.25, 0.3) is 5.91 Å². The number of carbonyl (C=O) groups excluding carboxylic acids is 2. The lowest BCUT2D eigenvalue weighted by Gasteiger charge is -2.22.